The number of thiocarbonyl (C=S) groups is 1. The largest absolute Gasteiger partial charge is 0.392 e. The highest BCUT2D eigenvalue weighted by atomic mass is 32.1. The lowest BCUT2D eigenvalue weighted by molar-refractivity contribution is 0.0780. The van der Waals surface area contributed by atoms with Gasteiger partial charge in [-0.15, -0.1) is 0 Å². The number of nitrogens with two attached hydrogens (primary N) is 1. The number of aromatic amines is 1. The van der Waals surface area contributed by atoms with Crippen molar-refractivity contribution in [1.29, 1.82) is 0 Å². The summed E-state index contributed by atoms with van der Waals surface area (Å²) >= 11 is 4.80. The number of rotatable bonds is 5. The molecule has 0 aromatic carbocycles. The minimum absolute atomic E-state index is 0.0987. The van der Waals surface area contributed by atoms with E-state index in [0.717, 1.165) is 6.42 Å². The smallest absolute Gasteiger partial charge is 0.257 e. The number of carbonyl (C=O) groups is 1. The Morgan fingerprint density at radius 3 is 2.93 bits per heavy atom. The highest BCUT2D eigenvalue weighted by Crippen LogP contribution is 2.03. The van der Waals surface area contributed by atoms with Crippen molar-refractivity contribution in [1.82, 2.24) is 15.1 Å². The number of hydrogen-bond acceptors (Lipinski definition) is 3. The average molecular weight is 226 g/mol. The van der Waals surface area contributed by atoms with Crippen molar-refractivity contribution in [2.24, 2.45) is 5.73 Å². The lowest BCUT2D eigenvalue weighted by Gasteiger charge is -2.20. The third-order valence-corrected chi connectivity index (χ3v) is 2.00. The SMILES string of the molecule is CCCN(CC(N)=S)C(=O)c1cn[nH]c1. The summed E-state index contributed by atoms with van der Waals surface area (Å²) in [6.45, 7) is 2.95. The monoisotopic (exact) mass is 226 g/mol. The molecule has 0 spiro atoms. The molecule has 0 aliphatic carbocycles. The summed E-state index contributed by atoms with van der Waals surface area (Å²) in [5.41, 5.74) is 5.96. The van der Waals surface area contributed by atoms with E-state index < -0.39 is 0 Å². The summed E-state index contributed by atoms with van der Waals surface area (Å²) < 4.78 is 0. The molecular weight excluding hydrogens is 212 g/mol. The van der Waals surface area contributed by atoms with Crippen molar-refractivity contribution in [3.63, 3.8) is 0 Å². The Morgan fingerprint density at radius 1 is 1.73 bits per heavy atom. The van der Waals surface area contributed by atoms with Gasteiger partial charge in [-0.2, -0.15) is 5.10 Å². The fraction of sp³-hybridized carbons (Fsp3) is 0.444. The van der Waals surface area contributed by atoms with Gasteiger partial charge in [-0.3, -0.25) is 9.89 Å². The molecule has 1 amide bonds. The van der Waals surface area contributed by atoms with Gasteiger partial charge in [0.05, 0.1) is 23.3 Å². The van der Waals surface area contributed by atoms with Gasteiger partial charge in [-0.1, -0.05) is 19.1 Å². The lowest BCUT2D eigenvalue weighted by atomic mass is 10.3. The van der Waals surface area contributed by atoms with Crippen molar-refractivity contribution >= 4 is 23.1 Å². The Kier molecular flexibility index (Phi) is 4.23. The third kappa shape index (κ3) is 3.32. The molecule has 1 aromatic heterocycles. The van der Waals surface area contributed by atoms with Crippen LogP contribution < -0.4 is 5.73 Å². The van der Waals surface area contributed by atoms with Crippen molar-refractivity contribution < 1.29 is 4.79 Å². The van der Waals surface area contributed by atoms with Crippen LogP contribution in [0.4, 0.5) is 0 Å². The predicted molar refractivity (Wildman–Crippen MR) is 61.6 cm³/mol. The van der Waals surface area contributed by atoms with Gasteiger partial charge >= 0.3 is 0 Å². The second-order valence-electron chi connectivity index (χ2n) is 3.18. The van der Waals surface area contributed by atoms with Gasteiger partial charge in [0.2, 0.25) is 0 Å². The molecule has 1 aromatic rings. The fourth-order valence-electron chi connectivity index (χ4n) is 1.26. The Balaban J connectivity index is 2.71. The van der Waals surface area contributed by atoms with E-state index in [0.29, 0.717) is 23.6 Å². The first-order valence-electron chi connectivity index (χ1n) is 4.71. The summed E-state index contributed by atoms with van der Waals surface area (Å²) in [5, 5.41) is 6.33. The minimum atomic E-state index is -0.0987. The molecule has 5 nitrogen and oxygen atoms in total. The predicted octanol–water partition coefficient (Wildman–Crippen LogP) is 0.548. The molecule has 0 radical (unpaired) electrons. The number of H-pyrrole nitrogens is 1. The first-order chi connectivity index (χ1) is 7.15. The Bertz CT molecular complexity index is 336. The van der Waals surface area contributed by atoms with Gasteiger partial charge in [0.25, 0.3) is 5.91 Å². The number of aromatic nitrogens is 2. The molecule has 0 fully saturated rings. The highest BCUT2D eigenvalue weighted by Gasteiger charge is 2.16. The van der Waals surface area contributed by atoms with E-state index in [1.165, 1.54) is 6.20 Å². The van der Waals surface area contributed by atoms with Gasteiger partial charge in [0.15, 0.2) is 0 Å². The summed E-state index contributed by atoms with van der Waals surface area (Å²) in [5.74, 6) is -0.0987. The maximum atomic E-state index is 11.9. The van der Waals surface area contributed by atoms with E-state index in [4.69, 9.17) is 18.0 Å². The fourth-order valence-corrected chi connectivity index (χ4v) is 1.42. The topological polar surface area (TPSA) is 75.0 Å². The zero-order valence-electron chi connectivity index (χ0n) is 8.56. The molecule has 0 unspecified atom stereocenters. The summed E-state index contributed by atoms with van der Waals surface area (Å²) in [6, 6.07) is 0. The number of amides is 1. The van der Waals surface area contributed by atoms with Crippen LogP contribution in [0.1, 0.15) is 23.7 Å². The van der Waals surface area contributed by atoms with Gasteiger partial charge < -0.3 is 10.6 Å². The van der Waals surface area contributed by atoms with E-state index in [1.54, 1.807) is 11.1 Å². The lowest BCUT2D eigenvalue weighted by Crippen LogP contribution is -2.38. The molecule has 6 heteroatoms. The molecule has 0 atom stereocenters. The van der Waals surface area contributed by atoms with Crippen molar-refractivity contribution in [2.45, 2.75) is 13.3 Å². The highest BCUT2D eigenvalue weighted by molar-refractivity contribution is 7.80. The summed E-state index contributed by atoms with van der Waals surface area (Å²) in [7, 11) is 0. The second kappa shape index (κ2) is 5.45. The molecule has 15 heavy (non-hydrogen) atoms. The van der Waals surface area contributed by atoms with E-state index >= 15 is 0 Å². The van der Waals surface area contributed by atoms with Crippen molar-refractivity contribution in [3.8, 4) is 0 Å². The van der Waals surface area contributed by atoms with Crippen molar-refractivity contribution in [3.05, 3.63) is 18.0 Å². The first-order valence-corrected chi connectivity index (χ1v) is 5.12. The molecule has 1 heterocycles. The van der Waals surface area contributed by atoms with Crippen LogP contribution in [0.3, 0.4) is 0 Å². The Morgan fingerprint density at radius 2 is 2.47 bits per heavy atom. The Labute approximate surface area is 93.6 Å². The molecule has 0 aliphatic heterocycles. The van der Waals surface area contributed by atoms with E-state index in [1.807, 2.05) is 6.92 Å². The van der Waals surface area contributed by atoms with Crippen molar-refractivity contribution in [2.75, 3.05) is 13.1 Å². The standard InChI is InChI=1S/C9H14N4OS/c1-2-3-13(6-8(10)15)9(14)7-4-11-12-5-7/h4-5H,2-3,6H2,1H3,(H2,10,15)(H,11,12). The van der Waals surface area contributed by atoms with Crippen LogP contribution >= 0.6 is 12.2 Å². The molecule has 82 valence electrons. The van der Waals surface area contributed by atoms with Gasteiger partial charge in [-0.05, 0) is 6.42 Å². The normalized spacial score (nSPS) is 9.93. The number of carbonyl (C=O) groups excluding carboxylic acids is 1. The molecule has 0 aliphatic rings. The number of nitrogens with zero attached hydrogens (tertiary/aromatic N) is 2. The van der Waals surface area contributed by atoms with Crippen LogP contribution in [0.15, 0.2) is 12.4 Å². The maximum absolute atomic E-state index is 11.9. The maximum Gasteiger partial charge on any atom is 0.257 e. The molecule has 0 saturated carbocycles. The number of hydrogen-bond donors (Lipinski definition) is 2. The van der Waals surface area contributed by atoms with E-state index in [-0.39, 0.29) is 5.91 Å². The van der Waals surface area contributed by atoms with E-state index in [9.17, 15) is 4.79 Å². The third-order valence-electron chi connectivity index (χ3n) is 1.87. The quantitative estimate of drug-likeness (QED) is 0.719. The van der Waals surface area contributed by atoms with Crippen LogP contribution in [-0.2, 0) is 0 Å². The van der Waals surface area contributed by atoms with Gasteiger partial charge in [0.1, 0.15) is 0 Å². The molecule has 0 bridgehead atoms. The van der Waals surface area contributed by atoms with Crippen LogP contribution in [-0.4, -0.2) is 39.1 Å². The number of nitrogens with one attached hydrogen (secondary N) is 1. The zero-order chi connectivity index (χ0) is 11.3. The zero-order valence-corrected chi connectivity index (χ0v) is 9.38. The molecule has 1 rings (SSSR count). The average Bonchev–Trinajstić information content (AvgIpc) is 2.68. The second-order valence-corrected chi connectivity index (χ2v) is 3.70. The van der Waals surface area contributed by atoms with Crippen LogP contribution in [0, 0.1) is 0 Å². The van der Waals surface area contributed by atoms with Crippen LogP contribution in [0.2, 0.25) is 0 Å². The first kappa shape index (κ1) is 11.6. The Hall–Kier alpha value is -1.43. The van der Waals surface area contributed by atoms with Gasteiger partial charge in [-0.25, -0.2) is 0 Å². The van der Waals surface area contributed by atoms with Crippen LogP contribution in [0.5, 0.6) is 0 Å². The molecular formula is C9H14N4OS. The summed E-state index contributed by atoms with van der Waals surface area (Å²) in [4.78, 5) is 13.8. The van der Waals surface area contributed by atoms with Crippen LogP contribution in [0.25, 0.3) is 0 Å². The van der Waals surface area contributed by atoms with E-state index in [2.05, 4.69) is 10.2 Å². The molecule has 3 N–H and O–H groups in total. The minimum Gasteiger partial charge on any atom is -0.392 e. The summed E-state index contributed by atoms with van der Waals surface area (Å²) in [6.07, 6.45) is 3.92. The van der Waals surface area contributed by atoms with Gasteiger partial charge in [0, 0.05) is 12.7 Å². The molecule has 0 saturated heterocycles.